The number of carboxylic acid groups (broad SMARTS) is 1. The number of methoxy groups -OCH3 is 1. The Bertz CT molecular complexity index is 476. The van der Waals surface area contributed by atoms with E-state index in [4.69, 9.17) is 20.3 Å². The molecular formula is C11H14N2O6. The average molecular weight is 270 g/mol. The molecule has 0 bridgehead atoms. The fraction of sp³-hybridized carbons (Fsp3) is 0.364. The lowest BCUT2D eigenvalue weighted by molar-refractivity contribution is -0.385. The number of aliphatic carboxylic acids is 1. The van der Waals surface area contributed by atoms with Gasteiger partial charge in [-0.15, -0.1) is 0 Å². The Hall–Kier alpha value is -2.35. The Kier molecular flexibility index (Phi) is 5.07. The molecule has 1 aromatic rings. The molecule has 0 aromatic heterocycles. The molecule has 1 atom stereocenters. The summed E-state index contributed by atoms with van der Waals surface area (Å²) in [6.07, 6.45) is -1.03. The fourth-order valence-electron chi connectivity index (χ4n) is 1.43. The molecule has 104 valence electrons. The first-order chi connectivity index (χ1) is 8.99. The summed E-state index contributed by atoms with van der Waals surface area (Å²) in [6, 6.07) is 3.86. The molecule has 0 heterocycles. The zero-order valence-corrected chi connectivity index (χ0v) is 10.2. The Labute approximate surface area is 108 Å². The van der Waals surface area contributed by atoms with Crippen molar-refractivity contribution in [2.24, 2.45) is 5.73 Å². The summed E-state index contributed by atoms with van der Waals surface area (Å²) >= 11 is 0. The van der Waals surface area contributed by atoms with Crippen LogP contribution in [0.5, 0.6) is 11.5 Å². The Balaban J connectivity index is 2.98. The van der Waals surface area contributed by atoms with Crippen molar-refractivity contribution < 1.29 is 24.3 Å². The number of hydrogen-bond acceptors (Lipinski definition) is 6. The second-order valence-electron chi connectivity index (χ2n) is 3.61. The lowest BCUT2D eigenvalue weighted by atomic mass is 10.2. The van der Waals surface area contributed by atoms with E-state index in [1.807, 2.05) is 0 Å². The highest BCUT2D eigenvalue weighted by Gasteiger charge is 2.21. The van der Waals surface area contributed by atoms with Gasteiger partial charge in [-0.05, 0) is 18.7 Å². The van der Waals surface area contributed by atoms with E-state index in [9.17, 15) is 14.9 Å². The smallest absolute Gasteiger partial charge is 0.344 e. The molecule has 0 radical (unpaired) electrons. The molecule has 8 heteroatoms. The summed E-state index contributed by atoms with van der Waals surface area (Å²) in [5.41, 5.74) is 4.98. The number of nitrogens with zero attached hydrogens (tertiary/aromatic N) is 1. The molecular weight excluding hydrogens is 256 g/mol. The van der Waals surface area contributed by atoms with Gasteiger partial charge < -0.3 is 20.3 Å². The monoisotopic (exact) mass is 270 g/mol. The van der Waals surface area contributed by atoms with Gasteiger partial charge in [0.05, 0.1) is 18.1 Å². The Morgan fingerprint density at radius 2 is 2.26 bits per heavy atom. The number of nitrogens with two attached hydrogens (primary N) is 1. The fourth-order valence-corrected chi connectivity index (χ4v) is 1.43. The highest BCUT2D eigenvalue weighted by atomic mass is 16.6. The molecule has 1 rings (SSSR count). The van der Waals surface area contributed by atoms with Crippen molar-refractivity contribution in [3.8, 4) is 11.5 Å². The van der Waals surface area contributed by atoms with Crippen LogP contribution >= 0.6 is 0 Å². The van der Waals surface area contributed by atoms with Crippen LogP contribution in [-0.2, 0) is 4.79 Å². The van der Waals surface area contributed by atoms with Gasteiger partial charge in [-0.3, -0.25) is 10.1 Å². The summed E-state index contributed by atoms with van der Waals surface area (Å²) < 4.78 is 10.00. The van der Waals surface area contributed by atoms with E-state index in [2.05, 4.69) is 0 Å². The van der Waals surface area contributed by atoms with Crippen molar-refractivity contribution in [2.45, 2.75) is 12.5 Å². The van der Waals surface area contributed by atoms with E-state index in [1.165, 1.54) is 19.2 Å². The maximum absolute atomic E-state index is 10.9. The Morgan fingerprint density at radius 1 is 1.58 bits per heavy atom. The predicted molar refractivity (Wildman–Crippen MR) is 65.4 cm³/mol. The minimum absolute atomic E-state index is 0.0723. The molecule has 0 aliphatic carbocycles. The second kappa shape index (κ2) is 6.55. The van der Waals surface area contributed by atoms with Gasteiger partial charge in [-0.2, -0.15) is 0 Å². The summed E-state index contributed by atoms with van der Waals surface area (Å²) in [4.78, 5) is 21.1. The quantitative estimate of drug-likeness (QED) is 0.554. The van der Waals surface area contributed by atoms with Crippen LogP contribution < -0.4 is 15.2 Å². The van der Waals surface area contributed by atoms with Gasteiger partial charge in [-0.1, -0.05) is 0 Å². The van der Waals surface area contributed by atoms with Crippen LogP contribution in [0.1, 0.15) is 6.42 Å². The van der Waals surface area contributed by atoms with Crippen LogP contribution in [-0.4, -0.2) is 35.8 Å². The normalized spacial score (nSPS) is 11.7. The highest BCUT2D eigenvalue weighted by Crippen LogP contribution is 2.31. The summed E-state index contributed by atoms with van der Waals surface area (Å²) in [6.45, 7) is 0.134. The number of benzene rings is 1. The molecule has 0 aliphatic heterocycles. The van der Waals surface area contributed by atoms with Crippen LogP contribution in [0.4, 0.5) is 5.69 Å². The number of nitro benzene ring substituents is 1. The first-order valence-electron chi connectivity index (χ1n) is 5.41. The van der Waals surface area contributed by atoms with Crippen molar-refractivity contribution in [1.29, 1.82) is 0 Å². The minimum atomic E-state index is -1.18. The van der Waals surface area contributed by atoms with Gasteiger partial charge in [0.2, 0.25) is 0 Å². The molecule has 1 unspecified atom stereocenters. The number of rotatable bonds is 7. The van der Waals surface area contributed by atoms with Crippen molar-refractivity contribution >= 4 is 11.7 Å². The number of nitro groups is 1. The van der Waals surface area contributed by atoms with Crippen LogP contribution in [0.3, 0.4) is 0 Å². The molecule has 1 aromatic carbocycles. The van der Waals surface area contributed by atoms with Crippen molar-refractivity contribution in [3.63, 3.8) is 0 Å². The largest absolute Gasteiger partial charge is 0.490 e. The molecule has 0 fully saturated rings. The van der Waals surface area contributed by atoms with E-state index < -0.39 is 17.0 Å². The summed E-state index contributed by atoms with van der Waals surface area (Å²) in [7, 11) is 1.30. The van der Waals surface area contributed by atoms with Gasteiger partial charge >= 0.3 is 11.7 Å². The van der Waals surface area contributed by atoms with Gasteiger partial charge in [0, 0.05) is 6.42 Å². The molecule has 8 nitrogen and oxygen atoms in total. The average Bonchev–Trinajstić information content (AvgIpc) is 2.37. The lowest BCUT2D eigenvalue weighted by Gasteiger charge is -2.14. The van der Waals surface area contributed by atoms with Gasteiger partial charge in [0.1, 0.15) is 5.75 Å². The zero-order valence-electron chi connectivity index (χ0n) is 10.2. The second-order valence-corrected chi connectivity index (χ2v) is 3.61. The first-order valence-corrected chi connectivity index (χ1v) is 5.41. The van der Waals surface area contributed by atoms with Crippen LogP contribution in [0, 0.1) is 10.1 Å². The van der Waals surface area contributed by atoms with E-state index >= 15 is 0 Å². The maximum atomic E-state index is 10.9. The third-order valence-electron chi connectivity index (χ3n) is 2.33. The molecule has 19 heavy (non-hydrogen) atoms. The number of carbonyl (C=O) groups is 1. The lowest BCUT2D eigenvalue weighted by Crippen LogP contribution is -2.29. The highest BCUT2D eigenvalue weighted by molar-refractivity contribution is 5.72. The standard InChI is InChI=1S/C11H14N2O6/c1-18-9-3-2-7(6-8(9)13(16)17)19-10(4-5-12)11(14)15/h2-3,6,10H,4-5,12H2,1H3,(H,14,15). The van der Waals surface area contributed by atoms with E-state index in [-0.39, 0.29) is 30.2 Å². The molecule has 0 aliphatic rings. The third kappa shape index (κ3) is 3.81. The first kappa shape index (κ1) is 14.7. The Morgan fingerprint density at radius 3 is 2.74 bits per heavy atom. The molecule has 3 N–H and O–H groups in total. The van der Waals surface area contributed by atoms with Crippen LogP contribution in [0.25, 0.3) is 0 Å². The molecule has 0 spiro atoms. The summed E-state index contributed by atoms with van der Waals surface area (Å²) in [5, 5.41) is 19.7. The summed E-state index contributed by atoms with van der Waals surface area (Å²) in [5.74, 6) is -1.03. The SMILES string of the molecule is COc1ccc(OC(CCN)C(=O)O)cc1[N+](=O)[O-]. The molecule has 0 saturated carbocycles. The van der Waals surface area contributed by atoms with Crippen LogP contribution in [0.15, 0.2) is 18.2 Å². The maximum Gasteiger partial charge on any atom is 0.344 e. The van der Waals surface area contributed by atoms with Crippen molar-refractivity contribution in [1.82, 2.24) is 0 Å². The van der Waals surface area contributed by atoms with Crippen LogP contribution in [0.2, 0.25) is 0 Å². The molecule has 0 saturated heterocycles. The van der Waals surface area contributed by atoms with Crippen molar-refractivity contribution in [3.05, 3.63) is 28.3 Å². The third-order valence-corrected chi connectivity index (χ3v) is 2.33. The minimum Gasteiger partial charge on any atom is -0.490 e. The number of hydrogen-bond donors (Lipinski definition) is 2. The predicted octanol–water partition coefficient (Wildman–Crippen LogP) is 0.784. The van der Waals surface area contributed by atoms with E-state index in [0.29, 0.717) is 0 Å². The topological polar surface area (TPSA) is 125 Å². The van der Waals surface area contributed by atoms with E-state index in [0.717, 1.165) is 6.07 Å². The number of carboxylic acids is 1. The van der Waals surface area contributed by atoms with Gasteiger partial charge in [0.25, 0.3) is 0 Å². The zero-order chi connectivity index (χ0) is 14.4. The van der Waals surface area contributed by atoms with Crippen molar-refractivity contribution in [2.75, 3.05) is 13.7 Å². The number of ether oxygens (including phenoxy) is 2. The molecule has 0 amide bonds. The van der Waals surface area contributed by atoms with Gasteiger partial charge in [0.15, 0.2) is 11.9 Å². The van der Waals surface area contributed by atoms with Gasteiger partial charge in [-0.25, -0.2) is 4.79 Å². The van der Waals surface area contributed by atoms with E-state index in [1.54, 1.807) is 0 Å².